The molecule has 94 valence electrons. The van der Waals surface area contributed by atoms with Crippen LogP contribution in [0.2, 0.25) is 0 Å². The summed E-state index contributed by atoms with van der Waals surface area (Å²) in [5.74, 6) is 2.23. The van der Waals surface area contributed by atoms with Gasteiger partial charge in [0, 0.05) is 19.0 Å². The standard InChI is InChI=1S/C12H20N4O/c17-9-10-4-3-6-15(10)8-12-14-13-11-5-1-2-7-16(11)12/h10,17H,1-9H2. The number of aryl methyl sites for hydroxylation is 1. The quantitative estimate of drug-likeness (QED) is 0.833. The lowest BCUT2D eigenvalue weighted by Crippen LogP contribution is -2.33. The molecule has 0 spiro atoms. The Labute approximate surface area is 101 Å². The summed E-state index contributed by atoms with van der Waals surface area (Å²) in [7, 11) is 0. The third-order valence-electron chi connectivity index (χ3n) is 3.99. The van der Waals surface area contributed by atoms with Crippen molar-refractivity contribution in [1.29, 1.82) is 0 Å². The summed E-state index contributed by atoms with van der Waals surface area (Å²) >= 11 is 0. The molecule has 1 aromatic rings. The number of nitrogens with zero attached hydrogens (tertiary/aromatic N) is 4. The summed E-state index contributed by atoms with van der Waals surface area (Å²) in [6, 6.07) is 0.326. The molecule has 2 aliphatic heterocycles. The van der Waals surface area contributed by atoms with E-state index in [1.54, 1.807) is 0 Å². The Morgan fingerprint density at radius 1 is 1.18 bits per heavy atom. The predicted molar refractivity (Wildman–Crippen MR) is 63.5 cm³/mol. The van der Waals surface area contributed by atoms with Gasteiger partial charge in [-0.1, -0.05) is 0 Å². The van der Waals surface area contributed by atoms with E-state index in [0.29, 0.717) is 6.04 Å². The van der Waals surface area contributed by atoms with E-state index in [0.717, 1.165) is 44.1 Å². The Hall–Kier alpha value is -0.940. The summed E-state index contributed by atoms with van der Waals surface area (Å²) < 4.78 is 2.27. The average Bonchev–Trinajstić information content (AvgIpc) is 2.97. The molecule has 1 fully saturated rings. The summed E-state index contributed by atoms with van der Waals surface area (Å²) in [5.41, 5.74) is 0. The maximum atomic E-state index is 9.32. The fourth-order valence-electron chi connectivity index (χ4n) is 2.98. The molecular formula is C12H20N4O. The zero-order valence-corrected chi connectivity index (χ0v) is 10.2. The minimum atomic E-state index is 0.265. The maximum Gasteiger partial charge on any atom is 0.147 e. The van der Waals surface area contributed by atoms with E-state index >= 15 is 0 Å². The lowest BCUT2D eigenvalue weighted by molar-refractivity contribution is 0.149. The van der Waals surface area contributed by atoms with Crippen LogP contribution in [0.5, 0.6) is 0 Å². The van der Waals surface area contributed by atoms with Crippen LogP contribution in [0.4, 0.5) is 0 Å². The number of likely N-dealkylation sites (tertiary alicyclic amines) is 1. The zero-order valence-electron chi connectivity index (χ0n) is 10.2. The first-order valence-corrected chi connectivity index (χ1v) is 6.64. The minimum absolute atomic E-state index is 0.265. The topological polar surface area (TPSA) is 54.2 Å². The molecular weight excluding hydrogens is 216 g/mol. The SMILES string of the molecule is OCC1CCCN1Cc1nnc2n1CCCC2. The van der Waals surface area contributed by atoms with Crippen molar-refractivity contribution in [3.63, 3.8) is 0 Å². The average molecular weight is 236 g/mol. The number of hydrogen-bond acceptors (Lipinski definition) is 4. The van der Waals surface area contributed by atoms with Gasteiger partial charge in [-0.25, -0.2) is 0 Å². The van der Waals surface area contributed by atoms with Gasteiger partial charge in [-0.15, -0.1) is 10.2 Å². The third kappa shape index (κ3) is 2.09. The molecule has 0 aliphatic carbocycles. The first-order valence-electron chi connectivity index (χ1n) is 6.64. The van der Waals surface area contributed by atoms with Gasteiger partial charge in [0.2, 0.25) is 0 Å². The van der Waals surface area contributed by atoms with E-state index in [2.05, 4.69) is 19.7 Å². The first-order chi connectivity index (χ1) is 8.38. The number of hydrogen-bond donors (Lipinski definition) is 1. The molecule has 1 aromatic heterocycles. The van der Waals surface area contributed by atoms with Gasteiger partial charge in [0.1, 0.15) is 11.6 Å². The number of aromatic nitrogens is 3. The summed E-state index contributed by atoms with van der Waals surface area (Å²) in [5, 5.41) is 17.9. The second-order valence-electron chi connectivity index (χ2n) is 5.09. The molecule has 0 aromatic carbocycles. The van der Waals surface area contributed by atoms with Crippen LogP contribution in [0.25, 0.3) is 0 Å². The van der Waals surface area contributed by atoms with Crippen LogP contribution < -0.4 is 0 Å². The number of aliphatic hydroxyl groups excluding tert-OH is 1. The number of rotatable bonds is 3. The van der Waals surface area contributed by atoms with E-state index in [-0.39, 0.29) is 6.61 Å². The molecule has 2 aliphatic rings. The van der Waals surface area contributed by atoms with Gasteiger partial charge in [-0.2, -0.15) is 0 Å². The van der Waals surface area contributed by atoms with Gasteiger partial charge < -0.3 is 9.67 Å². The van der Waals surface area contributed by atoms with Gasteiger partial charge >= 0.3 is 0 Å². The van der Waals surface area contributed by atoms with Crippen LogP contribution in [0, 0.1) is 0 Å². The van der Waals surface area contributed by atoms with E-state index < -0.39 is 0 Å². The monoisotopic (exact) mass is 236 g/mol. The third-order valence-corrected chi connectivity index (χ3v) is 3.99. The van der Waals surface area contributed by atoms with Crippen LogP contribution in [0.3, 0.4) is 0 Å². The second kappa shape index (κ2) is 4.74. The molecule has 0 saturated carbocycles. The molecule has 3 rings (SSSR count). The Kier molecular flexibility index (Phi) is 3.11. The second-order valence-corrected chi connectivity index (χ2v) is 5.09. The molecule has 5 nitrogen and oxygen atoms in total. The van der Waals surface area contributed by atoms with Crippen molar-refractivity contribution in [3.8, 4) is 0 Å². The first kappa shape index (κ1) is 11.2. The van der Waals surface area contributed by atoms with Crippen molar-refractivity contribution in [3.05, 3.63) is 11.6 Å². The molecule has 0 bridgehead atoms. The van der Waals surface area contributed by atoms with Gasteiger partial charge in [-0.3, -0.25) is 4.90 Å². The van der Waals surface area contributed by atoms with Crippen LogP contribution in [0.15, 0.2) is 0 Å². The molecule has 1 unspecified atom stereocenters. The summed E-state index contributed by atoms with van der Waals surface area (Å²) in [6.07, 6.45) is 5.84. The fourth-order valence-corrected chi connectivity index (χ4v) is 2.98. The molecule has 0 radical (unpaired) electrons. The Balaban J connectivity index is 1.74. The predicted octanol–water partition coefficient (Wildman–Crippen LogP) is 0.571. The lowest BCUT2D eigenvalue weighted by Gasteiger charge is -2.23. The van der Waals surface area contributed by atoms with Crippen molar-refractivity contribution in [2.75, 3.05) is 13.2 Å². The highest BCUT2D eigenvalue weighted by Gasteiger charge is 2.26. The highest BCUT2D eigenvalue weighted by atomic mass is 16.3. The summed E-state index contributed by atoms with van der Waals surface area (Å²) in [4.78, 5) is 2.34. The van der Waals surface area contributed by atoms with Crippen molar-refractivity contribution in [2.45, 2.75) is 51.2 Å². The fraction of sp³-hybridized carbons (Fsp3) is 0.833. The molecule has 17 heavy (non-hydrogen) atoms. The molecule has 1 atom stereocenters. The minimum Gasteiger partial charge on any atom is -0.395 e. The Morgan fingerprint density at radius 3 is 3.00 bits per heavy atom. The van der Waals surface area contributed by atoms with Crippen LogP contribution in [-0.4, -0.2) is 44.0 Å². The van der Waals surface area contributed by atoms with Gasteiger partial charge in [0.05, 0.1) is 13.2 Å². The van der Waals surface area contributed by atoms with Crippen LogP contribution in [-0.2, 0) is 19.5 Å². The number of fused-ring (bicyclic) bond motifs is 1. The Bertz CT molecular complexity index is 390. The van der Waals surface area contributed by atoms with Gasteiger partial charge in [-0.05, 0) is 32.2 Å². The molecule has 5 heteroatoms. The number of aliphatic hydroxyl groups is 1. The molecule has 1 saturated heterocycles. The smallest absolute Gasteiger partial charge is 0.147 e. The normalized spacial score (nSPS) is 25.1. The summed E-state index contributed by atoms with van der Waals surface area (Å²) in [6.45, 7) is 3.25. The van der Waals surface area contributed by atoms with Crippen LogP contribution >= 0.6 is 0 Å². The lowest BCUT2D eigenvalue weighted by atomic mass is 10.1. The van der Waals surface area contributed by atoms with Gasteiger partial charge in [0.15, 0.2) is 0 Å². The van der Waals surface area contributed by atoms with E-state index in [1.807, 2.05) is 0 Å². The van der Waals surface area contributed by atoms with E-state index in [4.69, 9.17) is 0 Å². The molecule has 1 N–H and O–H groups in total. The maximum absolute atomic E-state index is 9.32. The highest BCUT2D eigenvalue weighted by molar-refractivity contribution is 4.99. The zero-order chi connectivity index (χ0) is 11.7. The Morgan fingerprint density at radius 2 is 2.12 bits per heavy atom. The molecule has 0 amide bonds. The highest BCUT2D eigenvalue weighted by Crippen LogP contribution is 2.21. The van der Waals surface area contributed by atoms with Crippen molar-refractivity contribution < 1.29 is 5.11 Å². The van der Waals surface area contributed by atoms with Crippen molar-refractivity contribution >= 4 is 0 Å². The van der Waals surface area contributed by atoms with E-state index in [1.165, 1.54) is 19.3 Å². The van der Waals surface area contributed by atoms with Gasteiger partial charge in [0.25, 0.3) is 0 Å². The van der Waals surface area contributed by atoms with Crippen LogP contribution in [0.1, 0.15) is 37.3 Å². The van der Waals surface area contributed by atoms with E-state index in [9.17, 15) is 5.11 Å². The molecule has 3 heterocycles. The van der Waals surface area contributed by atoms with Crippen molar-refractivity contribution in [1.82, 2.24) is 19.7 Å². The largest absolute Gasteiger partial charge is 0.395 e. The van der Waals surface area contributed by atoms with Crippen molar-refractivity contribution in [2.24, 2.45) is 0 Å².